The van der Waals surface area contributed by atoms with E-state index in [0.29, 0.717) is 5.92 Å². The van der Waals surface area contributed by atoms with Crippen LogP contribution in [0.2, 0.25) is 0 Å². The van der Waals surface area contributed by atoms with E-state index in [4.69, 9.17) is 0 Å². The molecule has 0 radical (unpaired) electrons. The van der Waals surface area contributed by atoms with E-state index in [1.807, 2.05) is 0 Å². The fourth-order valence-electron chi connectivity index (χ4n) is 5.63. The highest BCUT2D eigenvalue weighted by Crippen LogP contribution is 2.56. The van der Waals surface area contributed by atoms with Crippen LogP contribution < -0.4 is 0 Å². The molecule has 4 aromatic carbocycles. The molecule has 28 heavy (non-hydrogen) atoms. The van der Waals surface area contributed by atoms with Gasteiger partial charge in [0.1, 0.15) is 0 Å². The van der Waals surface area contributed by atoms with E-state index in [1.165, 1.54) is 61.2 Å². The van der Waals surface area contributed by atoms with Gasteiger partial charge in [-0.25, -0.2) is 0 Å². The lowest BCUT2D eigenvalue weighted by atomic mass is 9.72. The van der Waals surface area contributed by atoms with Crippen molar-refractivity contribution in [1.29, 1.82) is 0 Å². The van der Waals surface area contributed by atoms with Crippen LogP contribution in [0.15, 0.2) is 84.9 Å². The lowest BCUT2D eigenvalue weighted by Gasteiger charge is -2.30. The molecule has 0 bridgehead atoms. The Hall–Kier alpha value is -3.38. The summed E-state index contributed by atoms with van der Waals surface area (Å²) in [4.78, 5) is 0. The van der Waals surface area contributed by atoms with Gasteiger partial charge in [-0.1, -0.05) is 84.9 Å². The number of fused-ring (bicyclic) bond motifs is 12. The highest BCUT2D eigenvalue weighted by molar-refractivity contribution is 6.04. The Morgan fingerprint density at radius 3 is 2.25 bits per heavy atom. The Bertz CT molecular complexity index is 1340. The Morgan fingerprint density at radius 1 is 0.571 bits per heavy atom. The molecule has 130 valence electrons. The molecule has 0 spiro atoms. The molecule has 0 heterocycles. The molecule has 0 saturated carbocycles. The van der Waals surface area contributed by atoms with Gasteiger partial charge < -0.3 is 0 Å². The van der Waals surface area contributed by atoms with Crippen LogP contribution in [0.25, 0.3) is 33.9 Å². The maximum atomic E-state index is 2.41. The minimum atomic E-state index is 0.357. The normalized spacial score (nSPS) is 17.0. The molecular weight excluding hydrogens is 336 g/mol. The average molecular weight is 354 g/mol. The van der Waals surface area contributed by atoms with E-state index in [-0.39, 0.29) is 0 Å². The zero-order chi connectivity index (χ0) is 18.2. The van der Waals surface area contributed by atoms with Gasteiger partial charge in [0.25, 0.3) is 0 Å². The summed E-state index contributed by atoms with van der Waals surface area (Å²) in [7, 11) is 0. The molecule has 0 aromatic heterocycles. The first-order chi connectivity index (χ1) is 13.9. The van der Waals surface area contributed by atoms with Gasteiger partial charge in [0.15, 0.2) is 0 Å². The largest absolute Gasteiger partial charge is 0.0619 e. The first-order valence-corrected chi connectivity index (χ1v) is 10.0. The summed E-state index contributed by atoms with van der Waals surface area (Å²) in [5, 5.41) is 0. The SMILES string of the molecule is C1=C2c3ccccc3-c3c(ccc4c3Cc3ccccc3-4)C2c2ccccc21. The second-order valence-corrected chi connectivity index (χ2v) is 8.10. The molecule has 3 aliphatic rings. The van der Waals surface area contributed by atoms with Gasteiger partial charge in [-0.15, -0.1) is 0 Å². The molecule has 0 fully saturated rings. The second kappa shape index (κ2) is 5.11. The van der Waals surface area contributed by atoms with Crippen molar-refractivity contribution >= 4 is 11.6 Å². The Labute approximate surface area is 164 Å². The second-order valence-electron chi connectivity index (χ2n) is 8.10. The summed E-state index contributed by atoms with van der Waals surface area (Å²) >= 11 is 0. The molecule has 4 aromatic rings. The summed E-state index contributed by atoms with van der Waals surface area (Å²) in [5.41, 5.74) is 15.8. The van der Waals surface area contributed by atoms with Crippen molar-refractivity contribution in [2.75, 3.05) is 0 Å². The molecule has 1 unspecified atom stereocenters. The van der Waals surface area contributed by atoms with Crippen LogP contribution in [-0.4, -0.2) is 0 Å². The van der Waals surface area contributed by atoms with Crippen LogP contribution in [0.4, 0.5) is 0 Å². The highest BCUT2D eigenvalue weighted by Gasteiger charge is 2.37. The van der Waals surface area contributed by atoms with Crippen molar-refractivity contribution in [3.63, 3.8) is 0 Å². The minimum absolute atomic E-state index is 0.357. The lowest BCUT2D eigenvalue weighted by molar-refractivity contribution is 1.05. The van der Waals surface area contributed by atoms with E-state index >= 15 is 0 Å². The molecule has 3 aliphatic carbocycles. The lowest BCUT2D eigenvalue weighted by Crippen LogP contribution is -2.11. The van der Waals surface area contributed by atoms with Crippen LogP contribution in [0.5, 0.6) is 0 Å². The van der Waals surface area contributed by atoms with E-state index in [2.05, 4.69) is 91.0 Å². The van der Waals surface area contributed by atoms with Crippen molar-refractivity contribution in [2.24, 2.45) is 0 Å². The molecule has 0 N–H and O–H groups in total. The topological polar surface area (TPSA) is 0 Å². The zero-order valence-electron chi connectivity index (χ0n) is 15.4. The maximum absolute atomic E-state index is 2.41. The quantitative estimate of drug-likeness (QED) is 0.283. The van der Waals surface area contributed by atoms with E-state index in [1.54, 1.807) is 0 Å². The third-order valence-corrected chi connectivity index (χ3v) is 6.77. The summed E-state index contributed by atoms with van der Waals surface area (Å²) < 4.78 is 0. The number of benzene rings is 4. The van der Waals surface area contributed by atoms with Gasteiger partial charge in [-0.3, -0.25) is 0 Å². The number of rotatable bonds is 0. The van der Waals surface area contributed by atoms with E-state index < -0.39 is 0 Å². The Balaban J connectivity index is 1.59. The Kier molecular flexibility index (Phi) is 2.67. The molecule has 1 atom stereocenters. The predicted octanol–water partition coefficient (Wildman–Crippen LogP) is 6.92. The van der Waals surface area contributed by atoms with Crippen molar-refractivity contribution < 1.29 is 0 Å². The summed E-state index contributed by atoms with van der Waals surface area (Å²) in [6, 6.07) is 31.5. The van der Waals surface area contributed by atoms with Gasteiger partial charge in [-0.05, 0) is 73.7 Å². The average Bonchev–Trinajstić information content (AvgIpc) is 3.32. The van der Waals surface area contributed by atoms with Crippen molar-refractivity contribution in [3.05, 3.63) is 118 Å². The summed E-state index contributed by atoms with van der Waals surface area (Å²) in [6.07, 6.45) is 3.44. The van der Waals surface area contributed by atoms with Crippen LogP contribution in [0, 0.1) is 0 Å². The van der Waals surface area contributed by atoms with Crippen molar-refractivity contribution in [2.45, 2.75) is 12.3 Å². The van der Waals surface area contributed by atoms with Gasteiger partial charge in [0, 0.05) is 5.92 Å². The van der Waals surface area contributed by atoms with Crippen LogP contribution in [0.3, 0.4) is 0 Å². The number of hydrogen-bond donors (Lipinski definition) is 0. The minimum Gasteiger partial charge on any atom is -0.0619 e. The fraction of sp³-hybridized carbons (Fsp3) is 0.0714. The first-order valence-electron chi connectivity index (χ1n) is 10.0. The number of hydrogen-bond acceptors (Lipinski definition) is 0. The van der Waals surface area contributed by atoms with E-state index in [9.17, 15) is 0 Å². The molecule has 0 amide bonds. The third kappa shape index (κ3) is 1.71. The predicted molar refractivity (Wildman–Crippen MR) is 116 cm³/mol. The monoisotopic (exact) mass is 354 g/mol. The third-order valence-electron chi connectivity index (χ3n) is 6.77. The van der Waals surface area contributed by atoms with Gasteiger partial charge in [-0.2, -0.15) is 0 Å². The fourth-order valence-corrected chi connectivity index (χ4v) is 5.63. The van der Waals surface area contributed by atoms with Crippen molar-refractivity contribution in [1.82, 2.24) is 0 Å². The van der Waals surface area contributed by atoms with Crippen LogP contribution in [0.1, 0.15) is 39.3 Å². The van der Waals surface area contributed by atoms with Crippen molar-refractivity contribution in [3.8, 4) is 22.3 Å². The van der Waals surface area contributed by atoms with Crippen LogP contribution >= 0.6 is 0 Å². The molecule has 0 aliphatic heterocycles. The number of allylic oxidation sites excluding steroid dienone is 1. The van der Waals surface area contributed by atoms with Gasteiger partial charge in [0.05, 0.1) is 0 Å². The standard InChI is InChI=1S/C28H18/c1-3-9-19-17(7-1)15-26-22(19)13-14-24-27-20-10-4-2-8-18(20)16-25(27)21-11-5-6-12-23(21)28(24)26/h1-14,16,27H,15H2. The van der Waals surface area contributed by atoms with E-state index in [0.717, 1.165) is 6.42 Å². The highest BCUT2D eigenvalue weighted by atomic mass is 14.4. The maximum Gasteiger partial charge on any atom is 0.0358 e. The smallest absolute Gasteiger partial charge is 0.0358 e. The first kappa shape index (κ1) is 14.6. The molecular formula is C28H18. The molecule has 0 nitrogen and oxygen atoms in total. The zero-order valence-corrected chi connectivity index (χ0v) is 15.4. The molecule has 7 rings (SSSR count). The van der Waals surface area contributed by atoms with Gasteiger partial charge in [0.2, 0.25) is 0 Å². The molecule has 0 saturated heterocycles. The van der Waals surface area contributed by atoms with Gasteiger partial charge >= 0.3 is 0 Å². The van der Waals surface area contributed by atoms with Crippen LogP contribution in [-0.2, 0) is 6.42 Å². The Morgan fingerprint density at radius 2 is 1.32 bits per heavy atom. The summed E-state index contributed by atoms with van der Waals surface area (Å²) in [5.74, 6) is 0.357. The molecule has 0 heteroatoms. The summed E-state index contributed by atoms with van der Waals surface area (Å²) in [6.45, 7) is 0.